The first-order chi connectivity index (χ1) is 9.02. The van der Waals surface area contributed by atoms with Gasteiger partial charge in [-0.05, 0) is 56.5 Å². The lowest BCUT2D eigenvalue weighted by Crippen LogP contribution is -2.38. The summed E-state index contributed by atoms with van der Waals surface area (Å²) >= 11 is 0. The van der Waals surface area contributed by atoms with E-state index in [1.165, 1.54) is 51.6 Å². The summed E-state index contributed by atoms with van der Waals surface area (Å²) < 4.78 is 0. The minimum absolute atomic E-state index is 0.719. The molecule has 1 fully saturated rings. The number of rotatable bonds is 9. The molecule has 1 aliphatic carbocycles. The molecule has 0 aromatic carbocycles. The van der Waals surface area contributed by atoms with Crippen molar-refractivity contribution in [3.05, 3.63) is 0 Å². The molecule has 0 aliphatic heterocycles. The molecule has 1 saturated carbocycles. The maximum atomic E-state index is 5.94. The lowest BCUT2D eigenvalue weighted by Gasteiger charge is -2.32. The van der Waals surface area contributed by atoms with Gasteiger partial charge in [-0.2, -0.15) is 0 Å². The number of hydrogen-bond donors (Lipinski definition) is 1. The normalized spacial score (nSPS) is 18.9. The van der Waals surface area contributed by atoms with Gasteiger partial charge in [-0.25, -0.2) is 0 Å². The third-order valence-electron chi connectivity index (χ3n) is 4.40. The molecule has 0 aromatic heterocycles. The summed E-state index contributed by atoms with van der Waals surface area (Å²) in [6, 6.07) is 0.861. The van der Waals surface area contributed by atoms with Crippen molar-refractivity contribution in [2.24, 2.45) is 23.5 Å². The fraction of sp³-hybridized carbons (Fsp3) is 1.00. The second-order valence-corrected chi connectivity index (χ2v) is 7.35. The fourth-order valence-electron chi connectivity index (χ4n) is 3.51. The summed E-state index contributed by atoms with van der Waals surface area (Å²) in [5.74, 6) is 2.27. The molecule has 0 amide bonds. The molecular formula is C17H36N2. The fourth-order valence-corrected chi connectivity index (χ4v) is 3.51. The Morgan fingerprint density at radius 2 is 1.68 bits per heavy atom. The van der Waals surface area contributed by atoms with Crippen molar-refractivity contribution < 1.29 is 0 Å². The Labute approximate surface area is 121 Å². The molecule has 0 saturated heterocycles. The quantitative estimate of drug-likeness (QED) is 0.687. The molecule has 1 unspecified atom stereocenters. The first kappa shape index (κ1) is 17.0. The van der Waals surface area contributed by atoms with Gasteiger partial charge in [0.1, 0.15) is 0 Å². The van der Waals surface area contributed by atoms with Gasteiger partial charge in [0.25, 0.3) is 0 Å². The Bertz CT molecular complexity index is 219. The first-order valence-electron chi connectivity index (χ1n) is 8.47. The van der Waals surface area contributed by atoms with Crippen molar-refractivity contribution in [1.29, 1.82) is 0 Å². The molecule has 0 radical (unpaired) electrons. The van der Waals surface area contributed by atoms with Crippen LogP contribution in [0.2, 0.25) is 0 Å². The molecular weight excluding hydrogens is 232 g/mol. The van der Waals surface area contributed by atoms with E-state index in [4.69, 9.17) is 5.73 Å². The zero-order valence-corrected chi connectivity index (χ0v) is 13.7. The van der Waals surface area contributed by atoms with Gasteiger partial charge in [0.15, 0.2) is 0 Å². The average Bonchev–Trinajstić information content (AvgIpc) is 2.85. The van der Waals surface area contributed by atoms with Crippen LogP contribution in [0.15, 0.2) is 0 Å². The summed E-state index contributed by atoms with van der Waals surface area (Å²) in [5.41, 5.74) is 5.94. The molecule has 0 aromatic rings. The molecule has 2 nitrogen and oxygen atoms in total. The summed E-state index contributed by atoms with van der Waals surface area (Å²) in [5, 5.41) is 0. The van der Waals surface area contributed by atoms with Crippen LogP contribution in [0.4, 0.5) is 0 Å². The molecule has 114 valence electrons. The van der Waals surface area contributed by atoms with Crippen molar-refractivity contribution in [3.8, 4) is 0 Å². The minimum Gasteiger partial charge on any atom is -0.330 e. The van der Waals surface area contributed by atoms with Crippen molar-refractivity contribution >= 4 is 0 Å². The van der Waals surface area contributed by atoms with Crippen molar-refractivity contribution in [2.75, 3.05) is 19.6 Å². The van der Waals surface area contributed by atoms with E-state index in [9.17, 15) is 0 Å². The van der Waals surface area contributed by atoms with Crippen LogP contribution in [0.1, 0.15) is 66.2 Å². The summed E-state index contributed by atoms with van der Waals surface area (Å²) in [6.07, 6.45) is 8.29. The lowest BCUT2D eigenvalue weighted by atomic mass is 9.93. The average molecular weight is 268 g/mol. The molecule has 2 N–H and O–H groups in total. The molecule has 0 spiro atoms. The van der Waals surface area contributed by atoms with Gasteiger partial charge < -0.3 is 10.6 Å². The van der Waals surface area contributed by atoms with Crippen LogP contribution >= 0.6 is 0 Å². The largest absolute Gasteiger partial charge is 0.330 e. The zero-order chi connectivity index (χ0) is 14.3. The zero-order valence-electron chi connectivity index (χ0n) is 13.7. The third kappa shape index (κ3) is 6.76. The monoisotopic (exact) mass is 268 g/mol. The minimum atomic E-state index is 0.719. The second kappa shape index (κ2) is 8.97. The number of nitrogens with zero attached hydrogens (tertiary/aromatic N) is 1. The molecule has 0 bridgehead atoms. The van der Waals surface area contributed by atoms with E-state index < -0.39 is 0 Å². The van der Waals surface area contributed by atoms with E-state index in [-0.39, 0.29) is 0 Å². The Morgan fingerprint density at radius 3 is 2.16 bits per heavy atom. The molecule has 2 heteroatoms. The van der Waals surface area contributed by atoms with Crippen LogP contribution in [0.5, 0.6) is 0 Å². The second-order valence-electron chi connectivity index (χ2n) is 7.35. The lowest BCUT2D eigenvalue weighted by molar-refractivity contribution is 0.162. The van der Waals surface area contributed by atoms with Gasteiger partial charge in [-0.1, -0.05) is 40.5 Å². The van der Waals surface area contributed by atoms with Crippen LogP contribution < -0.4 is 5.73 Å². The highest BCUT2D eigenvalue weighted by molar-refractivity contribution is 4.79. The number of nitrogens with two attached hydrogens (primary N) is 1. The van der Waals surface area contributed by atoms with Crippen molar-refractivity contribution in [3.63, 3.8) is 0 Å². The summed E-state index contributed by atoms with van der Waals surface area (Å²) in [4.78, 5) is 2.76. The molecule has 1 atom stereocenters. The van der Waals surface area contributed by atoms with Crippen LogP contribution in [0, 0.1) is 17.8 Å². The van der Waals surface area contributed by atoms with E-state index in [0.717, 1.165) is 30.3 Å². The van der Waals surface area contributed by atoms with Crippen molar-refractivity contribution in [2.45, 2.75) is 72.3 Å². The van der Waals surface area contributed by atoms with Gasteiger partial charge >= 0.3 is 0 Å². The van der Waals surface area contributed by atoms with E-state index >= 15 is 0 Å². The van der Waals surface area contributed by atoms with Crippen molar-refractivity contribution in [1.82, 2.24) is 4.90 Å². The smallest absolute Gasteiger partial charge is 0.00953 e. The highest BCUT2D eigenvalue weighted by Crippen LogP contribution is 2.25. The Morgan fingerprint density at radius 1 is 1.05 bits per heavy atom. The highest BCUT2D eigenvalue weighted by atomic mass is 15.2. The van der Waals surface area contributed by atoms with E-state index in [1.807, 2.05) is 0 Å². The molecule has 19 heavy (non-hydrogen) atoms. The van der Waals surface area contributed by atoms with Gasteiger partial charge in [0.2, 0.25) is 0 Å². The standard InChI is InChI=1S/C17H36N2/c1-14(2)11-16(12-18)9-10-19(13-15(3)4)17-7-5-6-8-17/h14-17H,5-13,18H2,1-4H3. The van der Waals surface area contributed by atoms with Crippen LogP contribution in [0.3, 0.4) is 0 Å². The topological polar surface area (TPSA) is 29.3 Å². The van der Waals surface area contributed by atoms with Gasteiger partial charge in [-0.3, -0.25) is 0 Å². The van der Waals surface area contributed by atoms with E-state index in [0.29, 0.717) is 0 Å². The van der Waals surface area contributed by atoms with Crippen LogP contribution in [-0.4, -0.2) is 30.6 Å². The highest BCUT2D eigenvalue weighted by Gasteiger charge is 2.23. The predicted octanol–water partition coefficient (Wildman–Crippen LogP) is 3.90. The Kier molecular flexibility index (Phi) is 8.01. The van der Waals surface area contributed by atoms with Gasteiger partial charge in [-0.15, -0.1) is 0 Å². The number of hydrogen-bond acceptors (Lipinski definition) is 2. The summed E-state index contributed by atoms with van der Waals surface area (Å²) in [7, 11) is 0. The Balaban J connectivity index is 2.42. The maximum absolute atomic E-state index is 5.94. The predicted molar refractivity (Wildman–Crippen MR) is 85.3 cm³/mol. The first-order valence-corrected chi connectivity index (χ1v) is 8.47. The van der Waals surface area contributed by atoms with E-state index in [2.05, 4.69) is 32.6 Å². The molecule has 0 heterocycles. The SMILES string of the molecule is CC(C)CC(CN)CCN(CC(C)C)C1CCCC1. The van der Waals surface area contributed by atoms with Crippen LogP contribution in [-0.2, 0) is 0 Å². The van der Waals surface area contributed by atoms with Gasteiger partial charge in [0, 0.05) is 12.6 Å². The molecule has 1 aliphatic rings. The third-order valence-corrected chi connectivity index (χ3v) is 4.40. The van der Waals surface area contributed by atoms with E-state index in [1.54, 1.807) is 0 Å². The maximum Gasteiger partial charge on any atom is 0.00953 e. The Hall–Kier alpha value is -0.0800. The van der Waals surface area contributed by atoms with Crippen LogP contribution in [0.25, 0.3) is 0 Å². The molecule has 1 rings (SSSR count). The summed E-state index contributed by atoms with van der Waals surface area (Å²) in [6.45, 7) is 12.7. The van der Waals surface area contributed by atoms with Gasteiger partial charge in [0.05, 0.1) is 0 Å².